The summed E-state index contributed by atoms with van der Waals surface area (Å²) in [6.07, 6.45) is 4.18. The van der Waals surface area contributed by atoms with Crippen LogP contribution in [0.3, 0.4) is 0 Å². The molecular weight excluding hydrogens is 202 g/mol. The second-order valence-corrected chi connectivity index (χ2v) is 4.43. The number of nitrogens with one attached hydrogen (secondary N) is 2. The van der Waals surface area contributed by atoms with Crippen molar-refractivity contribution in [1.29, 1.82) is 5.26 Å². The Hall–Kier alpha value is -1.08. The Balaban J connectivity index is 2.40. The lowest BCUT2D eigenvalue weighted by molar-refractivity contribution is -0.132. The first-order chi connectivity index (χ1) is 7.75. The Morgan fingerprint density at radius 3 is 3.00 bits per heavy atom. The second-order valence-electron chi connectivity index (χ2n) is 4.43. The number of rotatable bonds is 5. The largest absolute Gasteiger partial charge is 0.356 e. The summed E-state index contributed by atoms with van der Waals surface area (Å²) in [5, 5.41) is 14.6. The van der Waals surface area contributed by atoms with Crippen LogP contribution in [0.15, 0.2) is 0 Å². The van der Waals surface area contributed by atoms with Gasteiger partial charge in [-0.15, -0.1) is 0 Å². The summed E-state index contributed by atoms with van der Waals surface area (Å²) in [7, 11) is 0. The van der Waals surface area contributed by atoms with Gasteiger partial charge in [0.1, 0.15) is 0 Å². The minimum Gasteiger partial charge on any atom is -0.356 e. The Bertz CT molecular complexity index is 264. The predicted molar refractivity (Wildman–Crippen MR) is 62.7 cm³/mol. The van der Waals surface area contributed by atoms with Gasteiger partial charge in [-0.1, -0.05) is 6.92 Å². The Labute approximate surface area is 97.4 Å². The van der Waals surface area contributed by atoms with Crippen LogP contribution in [0.25, 0.3) is 0 Å². The van der Waals surface area contributed by atoms with E-state index in [0.717, 1.165) is 38.8 Å². The number of unbranched alkanes of at least 4 members (excludes halogenated alkanes) is 1. The van der Waals surface area contributed by atoms with Gasteiger partial charge in [-0.3, -0.25) is 4.79 Å². The molecule has 1 rings (SSSR count). The number of nitrogens with zero attached hydrogens (tertiary/aromatic N) is 1. The van der Waals surface area contributed by atoms with E-state index in [1.165, 1.54) is 0 Å². The maximum Gasteiger partial charge on any atom is 0.227 e. The minimum absolute atomic E-state index is 0.153. The quantitative estimate of drug-likeness (QED) is 0.688. The molecule has 0 aromatic rings. The molecule has 0 aromatic carbocycles. The zero-order valence-electron chi connectivity index (χ0n) is 10.0. The van der Waals surface area contributed by atoms with Gasteiger partial charge in [0.15, 0.2) is 0 Å². The maximum atomic E-state index is 12.1. The molecule has 0 spiro atoms. The lowest BCUT2D eigenvalue weighted by Crippen LogP contribution is -2.50. The molecule has 4 nitrogen and oxygen atoms in total. The van der Waals surface area contributed by atoms with Crippen LogP contribution in [-0.2, 0) is 4.79 Å². The van der Waals surface area contributed by atoms with E-state index in [9.17, 15) is 4.79 Å². The van der Waals surface area contributed by atoms with E-state index in [4.69, 9.17) is 5.26 Å². The average molecular weight is 223 g/mol. The molecular formula is C12H21N3O. The summed E-state index contributed by atoms with van der Waals surface area (Å²) >= 11 is 0. The molecule has 16 heavy (non-hydrogen) atoms. The first-order valence-corrected chi connectivity index (χ1v) is 6.11. The van der Waals surface area contributed by atoms with Gasteiger partial charge < -0.3 is 10.6 Å². The summed E-state index contributed by atoms with van der Waals surface area (Å²) in [5.41, 5.74) is -0.217. The molecule has 0 aromatic heterocycles. The zero-order valence-corrected chi connectivity index (χ0v) is 10.0. The Morgan fingerprint density at radius 1 is 1.62 bits per heavy atom. The van der Waals surface area contributed by atoms with Crippen LogP contribution in [0.5, 0.6) is 0 Å². The van der Waals surface area contributed by atoms with Crippen molar-refractivity contribution in [3.8, 4) is 6.07 Å². The van der Waals surface area contributed by atoms with E-state index in [0.29, 0.717) is 13.0 Å². The van der Waals surface area contributed by atoms with Crippen molar-refractivity contribution in [2.45, 2.75) is 39.0 Å². The van der Waals surface area contributed by atoms with Gasteiger partial charge in [0, 0.05) is 19.5 Å². The molecule has 1 unspecified atom stereocenters. The van der Waals surface area contributed by atoms with Crippen molar-refractivity contribution in [1.82, 2.24) is 10.6 Å². The number of piperidine rings is 1. The second kappa shape index (κ2) is 6.49. The molecule has 0 radical (unpaired) electrons. The van der Waals surface area contributed by atoms with Gasteiger partial charge in [0.05, 0.1) is 11.5 Å². The highest BCUT2D eigenvalue weighted by Gasteiger charge is 2.37. The van der Waals surface area contributed by atoms with Crippen LogP contribution in [-0.4, -0.2) is 25.5 Å². The van der Waals surface area contributed by atoms with E-state index in [1.807, 2.05) is 0 Å². The topological polar surface area (TPSA) is 64.9 Å². The van der Waals surface area contributed by atoms with Crippen LogP contribution in [0, 0.1) is 16.7 Å². The zero-order chi connectivity index (χ0) is 11.9. The van der Waals surface area contributed by atoms with Gasteiger partial charge in [-0.25, -0.2) is 0 Å². The number of nitriles is 1. The number of amides is 1. The highest BCUT2D eigenvalue weighted by molar-refractivity contribution is 5.82. The molecule has 0 saturated carbocycles. The third kappa shape index (κ3) is 3.21. The Kier molecular flexibility index (Phi) is 5.27. The molecule has 1 fully saturated rings. The molecule has 1 aliphatic rings. The van der Waals surface area contributed by atoms with Gasteiger partial charge in [-0.2, -0.15) is 5.26 Å². The molecule has 1 saturated heterocycles. The van der Waals surface area contributed by atoms with E-state index in [2.05, 4.69) is 23.6 Å². The fourth-order valence-corrected chi connectivity index (χ4v) is 2.18. The number of hydrogen-bond donors (Lipinski definition) is 2. The van der Waals surface area contributed by atoms with Crippen LogP contribution in [0.1, 0.15) is 39.0 Å². The van der Waals surface area contributed by atoms with Crippen LogP contribution >= 0.6 is 0 Å². The van der Waals surface area contributed by atoms with E-state index < -0.39 is 0 Å². The maximum absolute atomic E-state index is 12.1. The molecule has 0 bridgehead atoms. The molecule has 1 atom stereocenters. The van der Waals surface area contributed by atoms with Crippen molar-refractivity contribution in [3.63, 3.8) is 0 Å². The molecule has 4 heteroatoms. The van der Waals surface area contributed by atoms with Crippen molar-refractivity contribution in [2.24, 2.45) is 5.41 Å². The van der Waals surface area contributed by atoms with Crippen LogP contribution in [0.2, 0.25) is 0 Å². The molecule has 90 valence electrons. The number of carbonyl (C=O) groups excluding carboxylic acids is 1. The average Bonchev–Trinajstić information content (AvgIpc) is 2.35. The lowest BCUT2D eigenvalue weighted by Gasteiger charge is -2.35. The summed E-state index contributed by atoms with van der Waals surface area (Å²) < 4.78 is 0. The van der Waals surface area contributed by atoms with E-state index in [-0.39, 0.29) is 11.3 Å². The summed E-state index contributed by atoms with van der Waals surface area (Å²) in [5.74, 6) is 0.153. The van der Waals surface area contributed by atoms with Gasteiger partial charge >= 0.3 is 0 Å². The van der Waals surface area contributed by atoms with Crippen molar-refractivity contribution in [2.75, 3.05) is 19.6 Å². The first kappa shape index (κ1) is 13.0. The predicted octanol–water partition coefficient (Wildman–Crippen LogP) is 1.19. The third-order valence-electron chi connectivity index (χ3n) is 3.38. The van der Waals surface area contributed by atoms with Crippen LogP contribution < -0.4 is 10.6 Å². The third-order valence-corrected chi connectivity index (χ3v) is 3.38. The number of carbonyl (C=O) groups is 1. The first-order valence-electron chi connectivity index (χ1n) is 6.11. The van der Waals surface area contributed by atoms with Crippen molar-refractivity contribution < 1.29 is 4.79 Å². The summed E-state index contributed by atoms with van der Waals surface area (Å²) in [4.78, 5) is 12.1. The lowest BCUT2D eigenvalue weighted by atomic mass is 9.77. The highest BCUT2D eigenvalue weighted by atomic mass is 16.2. The van der Waals surface area contributed by atoms with Crippen LogP contribution in [0.4, 0.5) is 0 Å². The van der Waals surface area contributed by atoms with Gasteiger partial charge in [-0.05, 0) is 32.2 Å². The van der Waals surface area contributed by atoms with E-state index in [1.54, 1.807) is 0 Å². The fourth-order valence-electron chi connectivity index (χ4n) is 2.18. The number of hydrogen-bond acceptors (Lipinski definition) is 3. The standard InChI is InChI=1S/C12H21N3O/c1-2-12(6-5-8-14-10-12)11(16)15-9-4-3-7-13/h14H,2-6,8-10H2,1H3,(H,15,16). The fraction of sp³-hybridized carbons (Fsp3) is 0.833. The van der Waals surface area contributed by atoms with E-state index >= 15 is 0 Å². The highest BCUT2D eigenvalue weighted by Crippen LogP contribution is 2.30. The summed E-state index contributed by atoms with van der Waals surface area (Å²) in [6, 6.07) is 2.08. The van der Waals surface area contributed by atoms with Crippen molar-refractivity contribution >= 4 is 5.91 Å². The molecule has 1 amide bonds. The SMILES string of the molecule is CCC1(C(=O)NCCCC#N)CCCNC1. The smallest absolute Gasteiger partial charge is 0.227 e. The Morgan fingerprint density at radius 2 is 2.44 bits per heavy atom. The summed E-state index contributed by atoms with van der Waals surface area (Å²) in [6.45, 7) is 4.49. The van der Waals surface area contributed by atoms with Gasteiger partial charge in [0.25, 0.3) is 0 Å². The molecule has 1 heterocycles. The minimum atomic E-state index is -0.217. The monoisotopic (exact) mass is 223 g/mol. The molecule has 1 aliphatic heterocycles. The van der Waals surface area contributed by atoms with Gasteiger partial charge in [0.2, 0.25) is 5.91 Å². The molecule has 0 aliphatic carbocycles. The molecule has 2 N–H and O–H groups in total. The normalized spacial score (nSPS) is 24.8. The van der Waals surface area contributed by atoms with Crippen molar-refractivity contribution in [3.05, 3.63) is 0 Å².